The minimum Gasteiger partial charge on any atom is -0.350 e. The third-order valence-corrected chi connectivity index (χ3v) is 4.44. The Morgan fingerprint density at radius 3 is 2.78 bits per heavy atom. The molecular weight excluding hydrogens is 333 g/mol. The number of aromatic nitrogens is 1. The van der Waals surface area contributed by atoms with Gasteiger partial charge in [-0.3, -0.25) is 9.78 Å². The van der Waals surface area contributed by atoms with Gasteiger partial charge < -0.3 is 10.6 Å². The maximum atomic E-state index is 12.5. The van der Waals surface area contributed by atoms with E-state index >= 15 is 0 Å². The fraction of sp³-hybridized carbons (Fsp3) is 0.412. The zero-order valence-corrected chi connectivity index (χ0v) is 14.8. The van der Waals surface area contributed by atoms with Crippen LogP contribution in [0.25, 0.3) is 10.9 Å². The van der Waals surface area contributed by atoms with Crippen LogP contribution in [0.5, 0.6) is 0 Å². The number of benzene rings is 1. The van der Waals surface area contributed by atoms with Crippen LogP contribution in [0.4, 0.5) is 0 Å². The fourth-order valence-electron chi connectivity index (χ4n) is 3.12. The normalized spacial score (nSPS) is 19.7. The van der Waals surface area contributed by atoms with E-state index in [4.69, 9.17) is 0 Å². The summed E-state index contributed by atoms with van der Waals surface area (Å²) in [7, 11) is 0. The Morgan fingerprint density at radius 1 is 1.30 bits per heavy atom. The van der Waals surface area contributed by atoms with Crippen LogP contribution < -0.4 is 10.6 Å². The summed E-state index contributed by atoms with van der Waals surface area (Å²) in [5.74, 6) is 0.107. The van der Waals surface area contributed by atoms with Crippen molar-refractivity contribution in [1.82, 2.24) is 15.6 Å². The van der Waals surface area contributed by atoms with E-state index in [9.17, 15) is 4.79 Å². The van der Waals surface area contributed by atoms with Crippen molar-refractivity contribution >= 4 is 41.6 Å². The largest absolute Gasteiger partial charge is 0.350 e. The first-order valence-electron chi connectivity index (χ1n) is 7.61. The molecule has 0 bridgehead atoms. The Bertz CT molecular complexity index is 652. The second-order valence-corrected chi connectivity index (χ2v) is 5.64. The van der Waals surface area contributed by atoms with Crippen molar-refractivity contribution in [3.05, 3.63) is 42.1 Å². The second-order valence-electron chi connectivity index (χ2n) is 5.64. The van der Waals surface area contributed by atoms with Crippen LogP contribution in [0.2, 0.25) is 0 Å². The van der Waals surface area contributed by atoms with Crippen LogP contribution in [-0.4, -0.2) is 23.0 Å². The number of hydrogen-bond acceptors (Lipinski definition) is 3. The second kappa shape index (κ2) is 8.48. The highest BCUT2D eigenvalue weighted by atomic mass is 35.5. The summed E-state index contributed by atoms with van der Waals surface area (Å²) in [5, 5.41) is 7.55. The van der Waals surface area contributed by atoms with E-state index in [1.807, 2.05) is 30.3 Å². The average Bonchev–Trinajstić information content (AvgIpc) is 3.03. The van der Waals surface area contributed by atoms with Crippen molar-refractivity contribution in [2.24, 2.45) is 0 Å². The highest BCUT2D eigenvalue weighted by molar-refractivity contribution is 5.87. The highest BCUT2D eigenvalue weighted by Crippen LogP contribution is 2.23. The number of hydrogen-bond donors (Lipinski definition) is 2. The van der Waals surface area contributed by atoms with Gasteiger partial charge in [0, 0.05) is 18.1 Å². The first-order valence-corrected chi connectivity index (χ1v) is 7.61. The lowest BCUT2D eigenvalue weighted by Crippen LogP contribution is -2.52. The van der Waals surface area contributed by atoms with Gasteiger partial charge in [-0.1, -0.05) is 31.2 Å². The first-order chi connectivity index (χ1) is 10.2. The molecule has 1 fully saturated rings. The van der Waals surface area contributed by atoms with E-state index in [1.54, 1.807) is 6.20 Å². The van der Waals surface area contributed by atoms with Crippen LogP contribution in [0.1, 0.15) is 31.7 Å². The third kappa shape index (κ3) is 3.94. The Balaban J connectivity index is 0.00000132. The first kappa shape index (κ1) is 19.7. The van der Waals surface area contributed by atoms with Gasteiger partial charge in [0.2, 0.25) is 5.91 Å². The smallest absolute Gasteiger partial charge is 0.240 e. The Morgan fingerprint density at radius 2 is 2.09 bits per heavy atom. The minimum absolute atomic E-state index is 0. The molecule has 1 atom stereocenters. The Labute approximate surface area is 149 Å². The quantitative estimate of drug-likeness (QED) is 0.884. The maximum absolute atomic E-state index is 12.5. The molecule has 0 aliphatic carbocycles. The van der Waals surface area contributed by atoms with Crippen LogP contribution in [0, 0.1) is 0 Å². The number of para-hydroxylation sites is 1. The number of nitrogens with one attached hydrogen (secondary N) is 2. The molecule has 1 aliphatic heterocycles. The number of halogens is 2. The number of fused-ring (bicyclic) bond motifs is 1. The number of amides is 1. The van der Waals surface area contributed by atoms with E-state index in [0.29, 0.717) is 6.54 Å². The molecule has 1 aromatic carbocycles. The molecular formula is C17H23Cl2N3O. The highest BCUT2D eigenvalue weighted by Gasteiger charge is 2.38. The molecule has 1 saturated heterocycles. The molecule has 1 amide bonds. The standard InChI is InChI=1S/C17H21N3O.2ClH/c1-2-17(9-5-11-20-17)16(21)19-12-14-7-3-6-13-8-4-10-18-15(13)14;;/h3-4,6-8,10,20H,2,5,9,11-12H2,1H3,(H,19,21);2*1H. The molecule has 2 N–H and O–H groups in total. The summed E-state index contributed by atoms with van der Waals surface area (Å²) < 4.78 is 0. The zero-order valence-electron chi connectivity index (χ0n) is 13.2. The van der Waals surface area contributed by atoms with Crippen molar-refractivity contribution in [2.45, 2.75) is 38.3 Å². The lowest BCUT2D eigenvalue weighted by Gasteiger charge is -2.26. The molecule has 0 spiro atoms. The molecule has 1 aliphatic rings. The summed E-state index contributed by atoms with van der Waals surface area (Å²) in [6.45, 7) is 3.52. The zero-order chi connectivity index (χ0) is 14.7. The van der Waals surface area contributed by atoms with Gasteiger partial charge in [0.05, 0.1) is 11.1 Å². The fourth-order valence-corrected chi connectivity index (χ4v) is 3.12. The van der Waals surface area contributed by atoms with E-state index in [0.717, 1.165) is 42.3 Å². The van der Waals surface area contributed by atoms with Gasteiger partial charge in [-0.2, -0.15) is 0 Å². The summed E-state index contributed by atoms with van der Waals surface area (Å²) in [4.78, 5) is 16.9. The molecule has 4 nitrogen and oxygen atoms in total. The van der Waals surface area contributed by atoms with Gasteiger partial charge in [0.15, 0.2) is 0 Å². The van der Waals surface area contributed by atoms with Crippen LogP contribution in [0.3, 0.4) is 0 Å². The minimum atomic E-state index is -0.377. The Kier molecular flexibility index (Phi) is 7.26. The summed E-state index contributed by atoms with van der Waals surface area (Å²) >= 11 is 0. The van der Waals surface area contributed by atoms with Gasteiger partial charge >= 0.3 is 0 Å². The SMILES string of the molecule is CCC1(C(=O)NCc2cccc3cccnc23)CCCN1.Cl.Cl. The molecule has 0 saturated carbocycles. The van der Waals surface area contributed by atoms with Crippen molar-refractivity contribution in [1.29, 1.82) is 0 Å². The maximum Gasteiger partial charge on any atom is 0.240 e. The molecule has 23 heavy (non-hydrogen) atoms. The number of pyridine rings is 1. The molecule has 1 unspecified atom stereocenters. The van der Waals surface area contributed by atoms with E-state index in [-0.39, 0.29) is 36.3 Å². The van der Waals surface area contributed by atoms with Gasteiger partial charge in [0.1, 0.15) is 0 Å². The van der Waals surface area contributed by atoms with Gasteiger partial charge in [-0.15, -0.1) is 24.8 Å². The molecule has 1 aromatic heterocycles. The molecule has 0 radical (unpaired) electrons. The molecule has 126 valence electrons. The van der Waals surface area contributed by atoms with E-state index < -0.39 is 0 Å². The van der Waals surface area contributed by atoms with Crippen molar-refractivity contribution < 1.29 is 4.79 Å². The summed E-state index contributed by atoms with van der Waals surface area (Å²) in [6.07, 6.45) is 4.60. The topological polar surface area (TPSA) is 54.0 Å². The number of rotatable bonds is 4. The predicted octanol–water partition coefficient (Wildman–Crippen LogP) is 3.23. The summed E-state index contributed by atoms with van der Waals surface area (Å²) in [6, 6.07) is 10.0. The average molecular weight is 356 g/mol. The molecule has 3 rings (SSSR count). The number of carbonyl (C=O) groups is 1. The van der Waals surface area contributed by atoms with Gasteiger partial charge in [-0.05, 0) is 37.4 Å². The van der Waals surface area contributed by atoms with Crippen LogP contribution in [-0.2, 0) is 11.3 Å². The third-order valence-electron chi connectivity index (χ3n) is 4.44. The van der Waals surface area contributed by atoms with E-state index in [2.05, 4.69) is 22.5 Å². The number of nitrogens with zero attached hydrogens (tertiary/aromatic N) is 1. The van der Waals surface area contributed by atoms with Crippen molar-refractivity contribution in [3.63, 3.8) is 0 Å². The van der Waals surface area contributed by atoms with Crippen molar-refractivity contribution in [2.75, 3.05) is 6.54 Å². The van der Waals surface area contributed by atoms with E-state index in [1.165, 1.54) is 0 Å². The lowest BCUT2D eigenvalue weighted by molar-refractivity contribution is -0.127. The van der Waals surface area contributed by atoms with Crippen molar-refractivity contribution in [3.8, 4) is 0 Å². The van der Waals surface area contributed by atoms with Gasteiger partial charge in [0.25, 0.3) is 0 Å². The van der Waals surface area contributed by atoms with Crippen LogP contribution >= 0.6 is 24.8 Å². The Hall–Kier alpha value is -1.36. The van der Waals surface area contributed by atoms with Gasteiger partial charge in [-0.25, -0.2) is 0 Å². The van der Waals surface area contributed by atoms with Crippen LogP contribution in [0.15, 0.2) is 36.5 Å². The molecule has 6 heteroatoms. The predicted molar refractivity (Wildman–Crippen MR) is 98.3 cm³/mol. The monoisotopic (exact) mass is 355 g/mol. The number of carbonyl (C=O) groups excluding carboxylic acids is 1. The molecule has 2 aromatic rings. The lowest BCUT2D eigenvalue weighted by atomic mass is 9.93. The summed E-state index contributed by atoms with van der Waals surface area (Å²) in [5.41, 5.74) is 1.65. The molecule has 2 heterocycles.